The van der Waals surface area contributed by atoms with Crippen molar-refractivity contribution < 1.29 is 0 Å². The molecule has 21 heavy (non-hydrogen) atoms. The van der Waals surface area contributed by atoms with E-state index in [0.29, 0.717) is 5.54 Å². The van der Waals surface area contributed by atoms with Crippen molar-refractivity contribution in [3.8, 4) is 11.1 Å². The summed E-state index contributed by atoms with van der Waals surface area (Å²) in [4.78, 5) is 0. The molecule has 0 radical (unpaired) electrons. The van der Waals surface area contributed by atoms with E-state index in [-0.39, 0.29) is 5.41 Å². The predicted octanol–water partition coefficient (Wildman–Crippen LogP) is 6.20. The van der Waals surface area contributed by atoms with E-state index < -0.39 is 7.38 Å². The van der Waals surface area contributed by atoms with Gasteiger partial charge in [-0.15, -0.1) is 0 Å². The zero-order valence-electron chi connectivity index (χ0n) is 13.3. The lowest BCUT2D eigenvalue weighted by molar-refractivity contribution is 0.461. The van der Waals surface area contributed by atoms with Gasteiger partial charge in [-0.1, -0.05) is 75.8 Å². The molecule has 0 bridgehead atoms. The monoisotopic (exact) mass is 314 g/mol. The molecule has 0 N–H and O–H groups in total. The first-order valence-electron chi connectivity index (χ1n) is 7.67. The fourth-order valence-electron chi connectivity index (χ4n) is 3.94. The van der Waals surface area contributed by atoms with Crippen LogP contribution >= 0.6 is 11.1 Å². The maximum Gasteiger partial charge on any atom is 0.165 e. The van der Waals surface area contributed by atoms with Gasteiger partial charge in [-0.05, 0) is 33.7 Å². The maximum atomic E-state index is 7.22. The Morgan fingerprint density at radius 3 is 1.76 bits per heavy atom. The second kappa shape index (κ2) is 5.00. The summed E-state index contributed by atoms with van der Waals surface area (Å²) in [6, 6.07) is 18.7. The average Bonchev–Trinajstić information content (AvgIpc) is 2.71. The number of rotatable bonds is 2. The van der Waals surface area contributed by atoms with Crippen LogP contribution in [-0.2, 0) is 0 Å². The van der Waals surface area contributed by atoms with Gasteiger partial charge in [0.05, 0.1) is 0 Å². The summed E-state index contributed by atoms with van der Waals surface area (Å²) in [6.07, 6.45) is 0. The lowest BCUT2D eigenvalue weighted by atomic mass is 10.0. The topological polar surface area (TPSA) is 0 Å². The molecule has 1 atom stereocenters. The zero-order chi connectivity index (χ0) is 15.3. The van der Waals surface area contributed by atoms with Crippen molar-refractivity contribution in [1.29, 1.82) is 0 Å². The molecule has 0 heterocycles. The summed E-state index contributed by atoms with van der Waals surface area (Å²) in [5.74, 6) is 0. The van der Waals surface area contributed by atoms with Gasteiger partial charge < -0.3 is 0 Å². The molecule has 0 saturated carbocycles. The van der Waals surface area contributed by atoms with Crippen LogP contribution in [0.5, 0.6) is 0 Å². The molecule has 0 aliphatic heterocycles. The van der Waals surface area contributed by atoms with Gasteiger partial charge in [0.25, 0.3) is 0 Å². The molecular weight excluding hydrogens is 292 g/mol. The van der Waals surface area contributed by atoms with Crippen LogP contribution in [0.1, 0.15) is 37.4 Å². The van der Waals surface area contributed by atoms with Gasteiger partial charge in [0.1, 0.15) is 0 Å². The van der Waals surface area contributed by atoms with E-state index in [1.165, 1.54) is 22.3 Å². The number of halogens is 1. The predicted molar refractivity (Wildman–Crippen MR) is 95.5 cm³/mol. The van der Waals surface area contributed by atoms with Crippen molar-refractivity contribution in [2.45, 2.75) is 38.9 Å². The first-order chi connectivity index (χ1) is 9.80. The van der Waals surface area contributed by atoms with Crippen molar-refractivity contribution in [3.05, 3.63) is 59.7 Å². The second-order valence-corrected chi connectivity index (χ2v) is 13.7. The molecule has 2 aromatic rings. The molecule has 1 aliphatic rings. The minimum Gasteiger partial charge on any atom is -0.166 e. The Balaban J connectivity index is 2.15. The van der Waals surface area contributed by atoms with Gasteiger partial charge in [0.2, 0.25) is 0 Å². The van der Waals surface area contributed by atoms with Crippen LogP contribution in [0, 0.1) is 5.41 Å². The van der Waals surface area contributed by atoms with Crippen LogP contribution in [-0.4, -0.2) is 7.38 Å². The van der Waals surface area contributed by atoms with E-state index in [4.69, 9.17) is 11.1 Å². The lowest BCUT2D eigenvalue weighted by Gasteiger charge is -2.34. The standard InChI is InChI=1S/C19H23ClSi/c1-19(2,3)13-21(4,20)18-16-11-7-5-9-14(16)15-10-6-8-12-17(15)18/h5-12,18H,13H2,1-4H3. The number of fused-ring (bicyclic) bond motifs is 3. The SMILES string of the molecule is CC(C)(C)C[Si](C)(Cl)C1c2ccccc2-c2ccccc21. The van der Waals surface area contributed by atoms with Crippen LogP contribution in [0.25, 0.3) is 11.1 Å². The molecule has 0 amide bonds. The first kappa shape index (κ1) is 14.9. The average molecular weight is 315 g/mol. The van der Waals surface area contributed by atoms with Crippen molar-refractivity contribution >= 4 is 18.5 Å². The Labute approximate surface area is 133 Å². The Kier molecular flexibility index (Phi) is 3.54. The molecule has 2 heteroatoms. The van der Waals surface area contributed by atoms with Gasteiger partial charge in [-0.2, -0.15) is 11.1 Å². The zero-order valence-corrected chi connectivity index (χ0v) is 15.0. The van der Waals surface area contributed by atoms with Crippen LogP contribution in [0.3, 0.4) is 0 Å². The van der Waals surface area contributed by atoms with Gasteiger partial charge >= 0.3 is 0 Å². The second-order valence-electron chi connectivity index (χ2n) is 7.62. The maximum absolute atomic E-state index is 7.22. The minimum absolute atomic E-state index is 0.273. The normalized spacial score (nSPS) is 17.2. The Morgan fingerprint density at radius 1 is 0.905 bits per heavy atom. The summed E-state index contributed by atoms with van der Waals surface area (Å²) < 4.78 is 0. The molecule has 0 nitrogen and oxygen atoms in total. The summed E-state index contributed by atoms with van der Waals surface area (Å²) in [7, 11) is -1.94. The summed E-state index contributed by atoms with van der Waals surface area (Å²) in [5, 5.41) is 0. The third kappa shape index (κ3) is 2.69. The molecule has 0 fully saturated rings. The minimum atomic E-state index is -1.94. The van der Waals surface area contributed by atoms with E-state index in [0.717, 1.165) is 6.04 Å². The molecule has 1 aliphatic carbocycles. The molecule has 110 valence electrons. The summed E-state index contributed by atoms with van der Waals surface area (Å²) in [6.45, 7) is 9.23. The molecule has 0 spiro atoms. The third-order valence-electron chi connectivity index (χ3n) is 4.31. The Bertz CT molecular complexity index is 622. The molecule has 0 saturated heterocycles. The van der Waals surface area contributed by atoms with E-state index in [1.807, 2.05) is 0 Å². The Morgan fingerprint density at radius 2 is 1.33 bits per heavy atom. The highest BCUT2D eigenvalue weighted by Crippen LogP contribution is 2.52. The van der Waals surface area contributed by atoms with Crippen LogP contribution < -0.4 is 0 Å². The highest BCUT2D eigenvalue weighted by atomic mass is 35.6. The Hall–Kier alpha value is -1.05. The highest BCUT2D eigenvalue weighted by molar-refractivity contribution is 7.20. The fraction of sp³-hybridized carbons (Fsp3) is 0.368. The smallest absolute Gasteiger partial charge is 0.165 e. The van der Waals surface area contributed by atoms with E-state index >= 15 is 0 Å². The summed E-state index contributed by atoms with van der Waals surface area (Å²) >= 11 is 7.22. The van der Waals surface area contributed by atoms with Crippen LogP contribution in [0.4, 0.5) is 0 Å². The van der Waals surface area contributed by atoms with E-state index in [2.05, 4.69) is 75.8 Å². The van der Waals surface area contributed by atoms with Crippen molar-refractivity contribution in [3.63, 3.8) is 0 Å². The van der Waals surface area contributed by atoms with E-state index in [1.54, 1.807) is 0 Å². The van der Waals surface area contributed by atoms with Gasteiger partial charge in [0, 0.05) is 5.54 Å². The number of hydrogen-bond donors (Lipinski definition) is 0. The largest absolute Gasteiger partial charge is 0.166 e. The number of benzene rings is 2. The first-order valence-corrected chi connectivity index (χ1v) is 11.5. The van der Waals surface area contributed by atoms with Crippen molar-refractivity contribution in [2.75, 3.05) is 0 Å². The van der Waals surface area contributed by atoms with Gasteiger partial charge in [-0.25, -0.2) is 0 Å². The fourth-order valence-corrected chi connectivity index (χ4v) is 9.93. The molecule has 3 rings (SSSR count). The lowest BCUT2D eigenvalue weighted by Crippen LogP contribution is -2.36. The van der Waals surface area contributed by atoms with Crippen LogP contribution in [0.2, 0.25) is 12.6 Å². The summed E-state index contributed by atoms with van der Waals surface area (Å²) in [5.41, 5.74) is 6.32. The third-order valence-corrected chi connectivity index (χ3v) is 8.94. The van der Waals surface area contributed by atoms with Crippen molar-refractivity contribution in [2.24, 2.45) is 5.41 Å². The molecule has 0 aromatic heterocycles. The van der Waals surface area contributed by atoms with Gasteiger partial charge in [0.15, 0.2) is 7.38 Å². The van der Waals surface area contributed by atoms with Gasteiger partial charge in [-0.3, -0.25) is 0 Å². The molecule has 1 unspecified atom stereocenters. The molecule has 2 aromatic carbocycles. The van der Waals surface area contributed by atoms with E-state index in [9.17, 15) is 0 Å². The van der Waals surface area contributed by atoms with Crippen molar-refractivity contribution in [1.82, 2.24) is 0 Å². The highest BCUT2D eigenvalue weighted by Gasteiger charge is 2.44. The number of hydrogen-bond acceptors (Lipinski definition) is 0. The van der Waals surface area contributed by atoms with Crippen LogP contribution in [0.15, 0.2) is 48.5 Å². The quantitative estimate of drug-likeness (QED) is 0.457. The molecular formula is C19H23ClSi.